The Balaban J connectivity index is 0.000000114. The first-order chi connectivity index (χ1) is 71.9. The molecule has 0 saturated carbocycles. The van der Waals surface area contributed by atoms with Gasteiger partial charge >= 0.3 is 11.9 Å². The minimum Gasteiger partial charge on any atom is -0.481 e. The molecule has 6 aromatic heterocycles. The Morgan fingerprint density at radius 3 is 1.18 bits per heavy atom. The summed E-state index contributed by atoms with van der Waals surface area (Å²) in [6.45, 7) is 3.93. The second-order valence-electron chi connectivity index (χ2n) is 32.9. The number of para-hydroxylation sites is 3. The van der Waals surface area contributed by atoms with Crippen LogP contribution < -0.4 is 4.83 Å². The van der Waals surface area contributed by atoms with Crippen LogP contribution in [-0.2, 0) is 37.4 Å². The molecule has 24 aromatic rings. The molecule has 2 N–H and O–H groups in total. The van der Waals surface area contributed by atoms with E-state index in [0.29, 0.717) is 11.0 Å². The summed E-state index contributed by atoms with van der Waals surface area (Å²) >= 11 is 9.71. The van der Waals surface area contributed by atoms with Crippen LogP contribution in [0.2, 0.25) is 0 Å². The Hall–Kier alpha value is -16.8. The van der Waals surface area contributed by atoms with E-state index in [9.17, 15) is 32.4 Å². The van der Waals surface area contributed by atoms with E-state index >= 15 is 0 Å². The number of halogens is 1. The van der Waals surface area contributed by atoms with Gasteiger partial charge in [0, 0.05) is 50.5 Å². The number of Topliss-reactive ketones (excluding diaryl/α,β-unsaturated/α-hetero) is 3. The molecule has 0 bridgehead atoms. The summed E-state index contributed by atoms with van der Waals surface area (Å²) in [6.07, 6.45) is 0. The molecule has 0 aliphatic carbocycles. The topological polar surface area (TPSA) is 343 Å². The number of hydrogen-bond donors (Lipinski definition) is 2. The molecular weight excluding hydrogens is 2020 g/mol. The molecule has 0 amide bonds. The number of hydrogen-bond acceptors (Lipinski definition) is 26. The van der Waals surface area contributed by atoms with Gasteiger partial charge in [-0.25, -0.2) is 9.36 Å². The van der Waals surface area contributed by atoms with Gasteiger partial charge in [0.1, 0.15) is 48.6 Å². The minimum absolute atomic E-state index is 0.0155. The highest BCUT2D eigenvalue weighted by Crippen LogP contribution is 2.40. The molecule has 0 spiro atoms. The second-order valence-corrected chi connectivity index (χ2v) is 39.9. The summed E-state index contributed by atoms with van der Waals surface area (Å²) in [7, 11) is -2.45. The van der Waals surface area contributed by atoms with Crippen LogP contribution >= 0.6 is 74.1 Å². The zero-order valence-corrected chi connectivity index (χ0v) is 85.2. The van der Waals surface area contributed by atoms with Gasteiger partial charge < -0.3 is 9.84 Å². The highest BCUT2D eigenvalue weighted by molar-refractivity contribution is 9.09. The lowest BCUT2D eigenvalue weighted by molar-refractivity contribution is -0.137. The van der Waals surface area contributed by atoms with Crippen LogP contribution in [0, 0.1) is 6.92 Å². The van der Waals surface area contributed by atoms with Gasteiger partial charge in [0.25, 0.3) is 10.0 Å². The summed E-state index contributed by atoms with van der Waals surface area (Å²) < 4.78 is 49.6. The zero-order chi connectivity index (χ0) is 102. The number of sulfonamides is 1. The molecule has 24 rings (SSSR count). The Kier molecular flexibility index (Phi) is 32.5. The third-order valence-electron chi connectivity index (χ3n) is 23.6. The van der Waals surface area contributed by atoms with Crippen LogP contribution in [0.3, 0.4) is 0 Å². The van der Waals surface area contributed by atoms with E-state index in [1.54, 1.807) is 40.6 Å². The van der Waals surface area contributed by atoms with Crippen LogP contribution in [0.15, 0.2) is 413 Å². The average molecular weight is 2110 g/mol. The van der Waals surface area contributed by atoms with Crippen LogP contribution in [0.4, 0.5) is 0 Å². The molecule has 18 aromatic carbocycles. The van der Waals surface area contributed by atoms with Crippen molar-refractivity contribution in [1.29, 1.82) is 0 Å². The molecule has 0 saturated heterocycles. The number of carboxylic acids is 1. The highest BCUT2D eigenvalue weighted by atomic mass is 79.9. The standard InChI is InChI=1S/C25H21N5O2S.C18H11N5S.C18H13N3O.C15H12N2O2S2.C14H10N2O2S2.C12H9BrO.C12H10O/c1-18-13-15-20(16-14-18)33(31,32)29-27-24(17-30-25-12-5-4-11-23(25)26-28-30)22-10-6-8-19-7-2-3-9-21(19)22;1-2-8-13-12(6-1)7-5-9-14(13)17-18(24-22-20-17)23-16-11-4-3-10-15(16)19-21-23;22-18(12-21-17-11-4-3-10-16(17)19-20-21)15-9-5-7-13-6-1-2-8-14(13)15;1-19-13(18)9-20-15-14(16-17-21-15)12-8-4-6-10-5-2-3-7-11(10)12;17-12(18)8-19-14-13(15-16-20-14)11-7-3-5-9-4-1-2-6-10(9)11;13-8-12(14)11-7-3-5-9-4-1-2-6-10(9)11;1-9(13)11-8-4-6-10-5-2-3-7-12(10)11/h2-16,29H,17H2,1H3;1-11H;1-11H,12H2;2-8H,9H2,1H3;1-7H,8H2,(H,17,18);1-7H,8H2;2-8H,1H3/b27-24+;;;;;;. The SMILES string of the molecule is CC(=O)c1cccc2ccccc12.COC(=O)CSc1snnc1-c1cccc2ccccc12.Cc1ccc(S(=O)(=O)N/N=C(\Cn2nnc3ccccc32)c2cccc3ccccc23)cc1.O=C(CBr)c1cccc2ccccc12.O=C(Cn1nnc2ccccc21)c1cccc2ccccc12.O=C(O)CSc1snnc1-c1cccc2ccccc12.c1ccc2c(-c3nnsc3-n3nnc4ccccc43)cccc2c1. The van der Waals surface area contributed by atoms with Crippen LogP contribution in [0.1, 0.15) is 49.1 Å². The van der Waals surface area contributed by atoms with Crippen molar-refractivity contribution < 1.29 is 42.2 Å². The Labute approximate surface area is 871 Å². The van der Waals surface area contributed by atoms with Crippen molar-refractivity contribution >= 4 is 228 Å². The fraction of sp³-hybridized carbons (Fsp3) is 0.0702. The normalized spacial score (nSPS) is 11.2. The molecule has 0 unspecified atom stereocenters. The largest absolute Gasteiger partial charge is 0.481 e. The molecule has 26 nitrogen and oxygen atoms in total. The lowest BCUT2D eigenvalue weighted by atomic mass is 10.0. The number of alkyl halides is 1. The maximum absolute atomic E-state index is 12.9. The number of carbonyl (C=O) groups is 5. The number of fused-ring (bicyclic) bond motifs is 10. The van der Waals surface area contributed by atoms with Gasteiger partial charge in [0.15, 0.2) is 22.4 Å². The third-order valence-corrected chi connectivity index (χ3v) is 29.9. The van der Waals surface area contributed by atoms with Gasteiger partial charge in [-0.3, -0.25) is 24.0 Å². The first-order valence-electron chi connectivity index (χ1n) is 45.9. The number of hydrazone groups is 1. The first-order valence-corrected chi connectivity index (χ1v) is 52.8. The highest BCUT2D eigenvalue weighted by Gasteiger charge is 2.24. The van der Waals surface area contributed by atoms with Crippen molar-refractivity contribution in [3.05, 3.63) is 422 Å². The summed E-state index contributed by atoms with van der Waals surface area (Å²) in [5, 5.41) is 67.6. The van der Waals surface area contributed by atoms with Crippen molar-refractivity contribution in [2.24, 2.45) is 5.10 Å². The number of rotatable bonds is 22. The number of aromatic nitrogens is 15. The monoisotopic (exact) mass is 2110 g/mol. The Bertz CT molecular complexity index is 9050. The predicted molar refractivity (Wildman–Crippen MR) is 593 cm³/mol. The van der Waals surface area contributed by atoms with E-state index < -0.39 is 16.0 Å². The molecule has 724 valence electrons. The molecule has 147 heavy (non-hydrogen) atoms. The first kappa shape index (κ1) is 100. The molecule has 0 aliphatic rings. The maximum Gasteiger partial charge on any atom is 0.316 e. The van der Waals surface area contributed by atoms with E-state index in [1.165, 1.54) is 70.6 Å². The number of aryl methyl sites for hydroxylation is 1. The molecule has 0 fully saturated rings. The van der Waals surface area contributed by atoms with Crippen LogP contribution in [0.5, 0.6) is 0 Å². The maximum atomic E-state index is 12.9. The molecule has 0 radical (unpaired) electrons. The molecule has 0 atom stereocenters. The number of carbonyl (C=O) groups excluding carboxylic acids is 4. The van der Waals surface area contributed by atoms with Crippen molar-refractivity contribution in [1.82, 2.24) is 78.6 Å². The zero-order valence-electron chi connectivity index (χ0n) is 78.8. The van der Waals surface area contributed by atoms with E-state index in [4.69, 9.17) is 5.11 Å². The Morgan fingerprint density at radius 1 is 0.374 bits per heavy atom. The fourth-order valence-corrected chi connectivity index (χ4v) is 21.3. The number of aliphatic carboxylic acids is 1. The van der Waals surface area contributed by atoms with Crippen molar-refractivity contribution in [3.63, 3.8) is 0 Å². The van der Waals surface area contributed by atoms with Gasteiger partial charge in [-0.2, -0.15) is 23.0 Å². The van der Waals surface area contributed by atoms with Crippen LogP contribution in [-0.4, -0.2) is 146 Å². The number of carboxylic acid groups (broad SMARTS) is 1. The number of nitrogens with zero attached hydrogens (tertiary/aromatic N) is 16. The molecule has 33 heteroatoms. The number of ether oxygens (including phenoxy) is 1. The summed E-state index contributed by atoms with van der Waals surface area (Å²) in [6, 6.07) is 128. The van der Waals surface area contributed by atoms with E-state index in [1.807, 2.05) is 339 Å². The molecular formula is C114H86BrN17O9S6. The number of nitrogens with one attached hydrogen (secondary N) is 1. The smallest absolute Gasteiger partial charge is 0.316 e. The number of benzene rings is 18. The number of methoxy groups -OCH3 is 1. The minimum atomic E-state index is -3.84. The second kappa shape index (κ2) is 47.6. The van der Waals surface area contributed by atoms with E-state index in [-0.39, 0.29) is 52.8 Å². The number of esters is 1. The van der Waals surface area contributed by atoms with Gasteiger partial charge in [-0.05, 0) is 161 Å². The fourth-order valence-electron chi connectivity index (χ4n) is 16.5. The van der Waals surface area contributed by atoms with Gasteiger partial charge in [-0.1, -0.05) is 420 Å². The van der Waals surface area contributed by atoms with Crippen molar-refractivity contribution in [2.45, 2.75) is 40.3 Å². The predicted octanol–water partition coefficient (Wildman–Crippen LogP) is 25.5. The lowest BCUT2D eigenvalue weighted by Crippen LogP contribution is -2.23. The van der Waals surface area contributed by atoms with Gasteiger partial charge in [0.2, 0.25) is 0 Å². The van der Waals surface area contributed by atoms with Crippen LogP contribution in [0.25, 0.3) is 147 Å². The van der Waals surface area contributed by atoms with Gasteiger partial charge in [-0.15, -0.1) is 30.6 Å². The summed E-state index contributed by atoms with van der Waals surface area (Å²) in [4.78, 5) is 60.1. The molecule has 0 aliphatic heterocycles. The Morgan fingerprint density at radius 2 is 0.721 bits per heavy atom. The average Bonchev–Trinajstić information content (AvgIpc) is 1.63. The van der Waals surface area contributed by atoms with Crippen molar-refractivity contribution in [2.75, 3.05) is 23.9 Å². The third kappa shape index (κ3) is 23.8. The number of ketones is 3. The summed E-state index contributed by atoms with van der Waals surface area (Å²) in [5.74, 6) is -0.532. The lowest BCUT2D eigenvalue weighted by Gasteiger charge is -2.12. The number of thioether (sulfide) groups is 2. The summed E-state index contributed by atoms with van der Waals surface area (Å²) in [5.41, 5.74) is 15.2. The van der Waals surface area contributed by atoms with Crippen molar-refractivity contribution in [3.8, 4) is 38.8 Å². The van der Waals surface area contributed by atoms with Gasteiger partial charge in [0.05, 0.1) is 57.6 Å². The quantitative estimate of drug-likeness (QED) is 0.0159. The van der Waals surface area contributed by atoms with E-state index in [2.05, 4.69) is 133 Å². The molecule has 6 heterocycles. The van der Waals surface area contributed by atoms with E-state index in [0.717, 1.165) is 178 Å².